The molecule has 2 rings (SSSR count). The fraction of sp³-hybridized carbons (Fsp3) is 0.0714. The number of nitrogen functional groups attached to an aromatic ring is 1. The summed E-state index contributed by atoms with van der Waals surface area (Å²) in [6.45, 7) is 2.04. The Morgan fingerprint density at radius 2 is 1.82 bits per heavy atom. The molecule has 0 bridgehead atoms. The van der Waals surface area contributed by atoms with Gasteiger partial charge >= 0.3 is 0 Å². The largest absolute Gasteiger partial charge is 0.398 e. The second-order valence-electron chi connectivity index (χ2n) is 3.98. The van der Waals surface area contributed by atoms with Gasteiger partial charge in [0.15, 0.2) is 0 Å². The van der Waals surface area contributed by atoms with Crippen LogP contribution in [-0.4, -0.2) is 5.91 Å². The van der Waals surface area contributed by atoms with Gasteiger partial charge in [-0.1, -0.05) is 30.3 Å². The predicted molar refractivity (Wildman–Crippen MR) is 69.5 cm³/mol. The Bertz CT molecular complexity index is 576. The molecule has 0 aliphatic heterocycles. The van der Waals surface area contributed by atoms with Crippen molar-refractivity contribution in [2.75, 3.05) is 5.73 Å². The third-order valence-corrected chi connectivity index (χ3v) is 2.77. The molecule has 3 heteroatoms. The second kappa shape index (κ2) is 4.29. The first-order valence-electron chi connectivity index (χ1n) is 5.35. The number of hydrogen-bond acceptors (Lipinski definition) is 2. The van der Waals surface area contributed by atoms with Crippen molar-refractivity contribution >= 4 is 11.6 Å². The zero-order chi connectivity index (χ0) is 12.4. The summed E-state index contributed by atoms with van der Waals surface area (Å²) in [5, 5.41) is 0. The Labute approximate surface area is 100 Å². The summed E-state index contributed by atoms with van der Waals surface area (Å²) in [4.78, 5) is 11.1. The minimum Gasteiger partial charge on any atom is -0.398 e. The average molecular weight is 226 g/mol. The molecule has 0 unspecified atom stereocenters. The van der Waals surface area contributed by atoms with Crippen LogP contribution < -0.4 is 11.5 Å². The highest BCUT2D eigenvalue weighted by molar-refractivity contribution is 5.98. The number of aryl methyl sites for hydroxylation is 1. The van der Waals surface area contributed by atoms with Crippen LogP contribution in [0.1, 0.15) is 15.9 Å². The molecule has 0 aliphatic carbocycles. The molecule has 4 N–H and O–H groups in total. The Morgan fingerprint density at radius 3 is 2.41 bits per heavy atom. The molecule has 0 saturated heterocycles. The van der Waals surface area contributed by atoms with Crippen molar-refractivity contribution < 1.29 is 4.79 Å². The zero-order valence-electron chi connectivity index (χ0n) is 9.60. The Balaban J connectivity index is 2.52. The molecule has 0 atom stereocenters. The van der Waals surface area contributed by atoms with Crippen molar-refractivity contribution in [3.63, 3.8) is 0 Å². The zero-order valence-corrected chi connectivity index (χ0v) is 9.60. The number of primary amides is 1. The first-order valence-corrected chi connectivity index (χ1v) is 5.35. The van der Waals surface area contributed by atoms with Gasteiger partial charge in [0.2, 0.25) is 0 Å². The molecule has 3 nitrogen and oxygen atoms in total. The Morgan fingerprint density at radius 1 is 1.12 bits per heavy atom. The van der Waals surface area contributed by atoms with Gasteiger partial charge in [0.1, 0.15) is 0 Å². The lowest BCUT2D eigenvalue weighted by Gasteiger charge is -2.08. The van der Waals surface area contributed by atoms with E-state index in [9.17, 15) is 4.79 Å². The minimum atomic E-state index is -0.501. The number of hydrogen-bond donors (Lipinski definition) is 2. The van der Waals surface area contributed by atoms with Gasteiger partial charge in [-0.2, -0.15) is 0 Å². The third-order valence-electron chi connectivity index (χ3n) is 2.77. The number of anilines is 1. The van der Waals surface area contributed by atoms with E-state index in [1.165, 1.54) is 5.56 Å². The van der Waals surface area contributed by atoms with E-state index in [-0.39, 0.29) is 0 Å². The lowest BCUT2D eigenvalue weighted by molar-refractivity contribution is 0.100. The third kappa shape index (κ3) is 2.13. The second-order valence-corrected chi connectivity index (χ2v) is 3.98. The molecule has 2 aromatic carbocycles. The van der Waals surface area contributed by atoms with Crippen LogP contribution in [0.2, 0.25) is 0 Å². The fourth-order valence-corrected chi connectivity index (χ4v) is 1.85. The molecule has 0 spiro atoms. The maximum absolute atomic E-state index is 11.1. The SMILES string of the molecule is Cc1ccccc1-c1ccc(C(N)=O)c(N)c1. The van der Waals surface area contributed by atoms with Gasteiger partial charge in [-0.15, -0.1) is 0 Å². The van der Waals surface area contributed by atoms with Gasteiger partial charge in [-0.3, -0.25) is 4.79 Å². The van der Waals surface area contributed by atoms with Gasteiger partial charge in [-0.25, -0.2) is 0 Å². The van der Waals surface area contributed by atoms with Crippen molar-refractivity contribution in [1.29, 1.82) is 0 Å². The van der Waals surface area contributed by atoms with E-state index in [0.717, 1.165) is 11.1 Å². The lowest BCUT2D eigenvalue weighted by Crippen LogP contribution is -2.13. The number of carbonyl (C=O) groups excluding carboxylic acids is 1. The molecule has 0 aromatic heterocycles. The van der Waals surface area contributed by atoms with Crippen LogP contribution in [0.3, 0.4) is 0 Å². The molecule has 0 saturated carbocycles. The van der Waals surface area contributed by atoms with Crippen LogP contribution in [0.15, 0.2) is 42.5 Å². The number of carbonyl (C=O) groups is 1. The molecule has 0 radical (unpaired) electrons. The quantitative estimate of drug-likeness (QED) is 0.772. The Hall–Kier alpha value is -2.29. The smallest absolute Gasteiger partial charge is 0.250 e. The topological polar surface area (TPSA) is 69.1 Å². The van der Waals surface area contributed by atoms with Gasteiger partial charge in [0, 0.05) is 5.69 Å². The van der Waals surface area contributed by atoms with Gasteiger partial charge in [0.25, 0.3) is 5.91 Å². The molecule has 0 fully saturated rings. The van der Waals surface area contributed by atoms with E-state index in [1.807, 2.05) is 37.3 Å². The van der Waals surface area contributed by atoms with E-state index in [1.54, 1.807) is 12.1 Å². The molecule has 0 heterocycles. The van der Waals surface area contributed by atoms with E-state index in [4.69, 9.17) is 11.5 Å². The summed E-state index contributed by atoms with van der Waals surface area (Å²) in [6, 6.07) is 13.3. The predicted octanol–water partition coefficient (Wildman–Crippen LogP) is 2.34. The first-order chi connectivity index (χ1) is 8.09. The average Bonchev–Trinajstić information content (AvgIpc) is 2.29. The highest BCUT2D eigenvalue weighted by Gasteiger charge is 2.08. The molecule has 17 heavy (non-hydrogen) atoms. The van der Waals surface area contributed by atoms with Crippen molar-refractivity contribution in [2.45, 2.75) is 6.92 Å². The standard InChI is InChI=1S/C14H14N2O/c1-9-4-2-3-5-11(9)10-6-7-12(14(16)17)13(15)8-10/h2-8H,15H2,1H3,(H2,16,17). The van der Waals surface area contributed by atoms with Crippen LogP contribution in [0.25, 0.3) is 11.1 Å². The number of nitrogens with two attached hydrogens (primary N) is 2. The summed E-state index contributed by atoms with van der Waals surface area (Å²) in [5.41, 5.74) is 15.1. The lowest BCUT2D eigenvalue weighted by atomic mass is 9.98. The number of amides is 1. The van der Waals surface area contributed by atoms with Crippen LogP contribution in [0.5, 0.6) is 0 Å². The molecule has 1 amide bonds. The summed E-state index contributed by atoms with van der Waals surface area (Å²) in [7, 11) is 0. The van der Waals surface area contributed by atoms with Gasteiger partial charge in [-0.05, 0) is 35.7 Å². The Kier molecular flexibility index (Phi) is 2.83. The summed E-state index contributed by atoms with van der Waals surface area (Å²) in [5.74, 6) is -0.501. The highest BCUT2D eigenvalue weighted by atomic mass is 16.1. The van der Waals surface area contributed by atoms with Crippen LogP contribution in [0.4, 0.5) is 5.69 Å². The molecular weight excluding hydrogens is 212 g/mol. The minimum absolute atomic E-state index is 0.363. The fourth-order valence-electron chi connectivity index (χ4n) is 1.85. The van der Waals surface area contributed by atoms with E-state index >= 15 is 0 Å². The van der Waals surface area contributed by atoms with Gasteiger partial charge < -0.3 is 11.5 Å². The van der Waals surface area contributed by atoms with E-state index in [2.05, 4.69) is 0 Å². The van der Waals surface area contributed by atoms with Crippen molar-refractivity contribution in [2.24, 2.45) is 5.73 Å². The van der Waals surface area contributed by atoms with Crippen molar-refractivity contribution in [3.05, 3.63) is 53.6 Å². The molecule has 2 aromatic rings. The highest BCUT2D eigenvalue weighted by Crippen LogP contribution is 2.26. The maximum Gasteiger partial charge on any atom is 0.250 e. The van der Waals surface area contributed by atoms with Crippen molar-refractivity contribution in [3.8, 4) is 11.1 Å². The van der Waals surface area contributed by atoms with Crippen molar-refractivity contribution in [1.82, 2.24) is 0 Å². The maximum atomic E-state index is 11.1. The van der Waals surface area contributed by atoms with Crippen LogP contribution >= 0.6 is 0 Å². The van der Waals surface area contributed by atoms with Crippen LogP contribution in [-0.2, 0) is 0 Å². The van der Waals surface area contributed by atoms with E-state index in [0.29, 0.717) is 11.3 Å². The molecule has 86 valence electrons. The first kappa shape index (κ1) is 11.2. The molecular formula is C14H14N2O. The molecule has 0 aliphatic rings. The number of benzene rings is 2. The number of rotatable bonds is 2. The van der Waals surface area contributed by atoms with E-state index < -0.39 is 5.91 Å². The summed E-state index contributed by atoms with van der Waals surface area (Å²) < 4.78 is 0. The monoisotopic (exact) mass is 226 g/mol. The normalized spacial score (nSPS) is 10.2. The summed E-state index contributed by atoms with van der Waals surface area (Å²) >= 11 is 0. The summed E-state index contributed by atoms with van der Waals surface area (Å²) in [6.07, 6.45) is 0. The van der Waals surface area contributed by atoms with Gasteiger partial charge in [0.05, 0.1) is 5.56 Å². The van der Waals surface area contributed by atoms with Crippen LogP contribution in [0, 0.1) is 6.92 Å².